The predicted octanol–water partition coefficient (Wildman–Crippen LogP) is 2.73. The van der Waals surface area contributed by atoms with Crippen molar-refractivity contribution in [1.82, 2.24) is 4.57 Å². The molecule has 0 fully saturated rings. The molecule has 2 nitrogen and oxygen atoms in total. The lowest BCUT2D eigenvalue weighted by Gasteiger charge is -2.06. The summed E-state index contributed by atoms with van der Waals surface area (Å²) in [7, 11) is 1.53. The lowest BCUT2D eigenvalue weighted by Crippen LogP contribution is -2.14. The highest BCUT2D eigenvalue weighted by Crippen LogP contribution is 2.35. The Hall–Kier alpha value is -0.180. The minimum absolute atomic E-state index is 0. The monoisotopic (exact) mass is 336 g/mol. The lowest BCUT2D eigenvalue weighted by molar-refractivity contribution is -0.0328. The van der Waals surface area contributed by atoms with Gasteiger partial charge in [-0.2, -0.15) is 13.2 Å². The Balaban J connectivity index is 0.00000169. The van der Waals surface area contributed by atoms with E-state index in [1.165, 1.54) is 29.9 Å². The van der Waals surface area contributed by atoms with Gasteiger partial charge in [-0.25, -0.2) is 0 Å². The van der Waals surface area contributed by atoms with Crippen LogP contribution >= 0.6 is 35.7 Å². The Morgan fingerprint density at radius 2 is 1.93 bits per heavy atom. The van der Waals surface area contributed by atoms with E-state index in [9.17, 15) is 13.2 Å². The van der Waals surface area contributed by atoms with Gasteiger partial charge in [0.15, 0.2) is 0 Å². The molecule has 0 aliphatic heterocycles. The van der Waals surface area contributed by atoms with E-state index in [1.54, 1.807) is 0 Å². The molecule has 14 heavy (non-hydrogen) atoms. The number of pyridine rings is 1. The summed E-state index contributed by atoms with van der Waals surface area (Å²) in [4.78, 5) is 0.0889. The van der Waals surface area contributed by atoms with Gasteiger partial charge in [0.25, 0.3) is 0 Å². The first-order valence-electron chi connectivity index (χ1n) is 3.35. The molecular weight excluding hydrogens is 328 g/mol. The summed E-state index contributed by atoms with van der Waals surface area (Å²) < 4.78 is 37.0. The van der Waals surface area contributed by atoms with Gasteiger partial charge in [-0.05, 0) is 23.9 Å². The van der Waals surface area contributed by atoms with Gasteiger partial charge in [0.05, 0.1) is 0 Å². The van der Waals surface area contributed by atoms with Crippen LogP contribution in [0.15, 0.2) is 23.2 Å². The number of nitrogens with zero attached hydrogens (tertiary/aromatic N) is 1. The van der Waals surface area contributed by atoms with E-state index in [-0.39, 0.29) is 46.1 Å². The number of hydrogen-bond donors (Lipinski definition) is 1. The van der Waals surface area contributed by atoms with Crippen LogP contribution in [0, 0.1) is 5.41 Å². The molecule has 0 aliphatic rings. The van der Waals surface area contributed by atoms with E-state index >= 15 is 0 Å². The first kappa shape index (κ1) is 13.8. The van der Waals surface area contributed by atoms with Crippen LogP contribution in [0.2, 0.25) is 0 Å². The van der Waals surface area contributed by atoms with Crippen LogP contribution in [0.3, 0.4) is 0 Å². The van der Waals surface area contributed by atoms with Crippen LogP contribution in [-0.2, 0) is 7.05 Å². The molecule has 0 aromatic carbocycles. The van der Waals surface area contributed by atoms with Crippen LogP contribution < -0.4 is 5.49 Å². The predicted molar refractivity (Wildman–Crippen MR) is 58.6 cm³/mol. The summed E-state index contributed by atoms with van der Waals surface area (Å²) in [5, 5.41) is 7.22. The first-order valence-corrected chi connectivity index (χ1v) is 4.17. The number of halogens is 4. The lowest BCUT2D eigenvalue weighted by atomic mass is 10.5. The SMILES string of the molecule is Cn1cc(SC(F)(F)F)ccc1=N.I. The largest absolute Gasteiger partial charge is 0.446 e. The molecule has 0 spiro atoms. The molecule has 0 unspecified atom stereocenters. The summed E-state index contributed by atoms with van der Waals surface area (Å²) in [5.74, 6) is 0. The summed E-state index contributed by atoms with van der Waals surface area (Å²) in [6.45, 7) is 0. The van der Waals surface area contributed by atoms with Crippen LogP contribution in [0.1, 0.15) is 0 Å². The number of aryl methyl sites for hydroxylation is 1. The van der Waals surface area contributed by atoms with Crippen molar-refractivity contribution in [3.05, 3.63) is 23.8 Å². The van der Waals surface area contributed by atoms with Crippen LogP contribution in [-0.4, -0.2) is 10.1 Å². The smallest absolute Gasteiger partial charge is 0.335 e. The number of aromatic nitrogens is 1. The number of rotatable bonds is 1. The second kappa shape index (κ2) is 5.06. The van der Waals surface area contributed by atoms with E-state index in [1.807, 2.05) is 0 Å². The summed E-state index contributed by atoms with van der Waals surface area (Å²) >= 11 is -0.181. The van der Waals surface area contributed by atoms with E-state index in [0.717, 1.165) is 0 Å². The van der Waals surface area contributed by atoms with Gasteiger partial charge >= 0.3 is 5.51 Å². The molecule has 1 rings (SSSR count). The maximum Gasteiger partial charge on any atom is 0.446 e. The van der Waals surface area contributed by atoms with Crippen molar-refractivity contribution in [3.63, 3.8) is 0 Å². The van der Waals surface area contributed by atoms with Crippen LogP contribution in [0.5, 0.6) is 0 Å². The fourth-order valence-corrected chi connectivity index (χ4v) is 1.39. The second-order valence-corrected chi connectivity index (χ2v) is 3.55. The van der Waals surface area contributed by atoms with Gasteiger partial charge in [0, 0.05) is 18.1 Å². The molecule has 0 aliphatic carbocycles. The maximum atomic E-state index is 11.9. The molecule has 0 amide bonds. The van der Waals surface area contributed by atoms with Gasteiger partial charge < -0.3 is 4.57 Å². The summed E-state index contributed by atoms with van der Waals surface area (Å²) in [6, 6.07) is 2.61. The summed E-state index contributed by atoms with van der Waals surface area (Å²) in [5.41, 5.74) is -4.09. The van der Waals surface area contributed by atoms with Gasteiger partial charge in [0.1, 0.15) is 5.49 Å². The van der Waals surface area contributed by atoms with E-state index < -0.39 is 5.51 Å². The van der Waals surface area contributed by atoms with Crippen molar-refractivity contribution in [2.45, 2.75) is 10.4 Å². The van der Waals surface area contributed by atoms with E-state index in [4.69, 9.17) is 5.41 Å². The van der Waals surface area contributed by atoms with Crippen LogP contribution in [0.4, 0.5) is 13.2 Å². The molecule has 0 saturated carbocycles. The number of alkyl halides is 3. The number of nitrogens with one attached hydrogen (secondary N) is 1. The highest BCUT2D eigenvalue weighted by Gasteiger charge is 2.29. The number of hydrogen-bond acceptors (Lipinski definition) is 2. The molecule has 0 bridgehead atoms. The molecule has 1 aromatic rings. The zero-order valence-corrected chi connectivity index (χ0v) is 10.3. The van der Waals surface area contributed by atoms with E-state index in [2.05, 4.69) is 0 Å². The molecule has 7 heteroatoms. The summed E-state index contributed by atoms with van der Waals surface area (Å²) in [6.07, 6.45) is 1.28. The van der Waals surface area contributed by atoms with Gasteiger partial charge in [-0.1, -0.05) is 0 Å². The molecule has 1 aromatic heterocycles. The fraction of sp³-hybridized carbons (Fsp3) is 0.286. The quantitative estimate of drug-likeness (QED) is 0.620. The third-order valence-electron chi connectivity index (χ3n) is 1.34. The standard InChI is InChI=1S/C7H7F3N2S.HI/c1-12-4-5(2-3-6(12)11)13-7(8,9)10;/h2-4,11H,1H3;1H. The normalized spacial score (nSPS) is 10.9. The molecule has 0 radical (unpaired) electrons. The molecule has 1 N–H and O–H groups in total. The third-order valence-corrected chi connectivity index (χ3v) is 2.05. The van der Waals surface area contributed by atoms with Gasteiger partial charge in [-0.3, -0.25) is 5.41 Å². The first-order chi connectivity index (χ1) is 5.88. The zero-order chi connectivity index (χ0) is 10.1. The van der Waals surface area contributed by atoms with Crippen LogP contribution in [0.25, 0.3) is 0 Å². The number of thioether (sulfide) groups is 1. The Kier molecular flexibility index (Phi) is 4.99. The Labute approximate surface area is 100 Å². The van der Waals surface area contributed by atoms with Crippen molar-refractivity contribution in [1.29, 1.82) is 5.41 Å². The van der Waals surface area contributed by atoms with Gasteiger partial charge in [0.2, 0.25) is 0 Å². The van der Waals surface area contributed by atoms with Crippen molar-refractivity contribution >= 4 is 35.7 Å². The molecule has 80 valence electrons. The molecule has 1 heterocycles. The minimum Gasteiger partial charge on any atom is -0.335 e. The topological polar surface area (TPSA) is 28.8 Å². The zero-order valence-electron chi connectivity index (χ0n) is 7.13. The average Bonchev–Trinajstić information content (AvgIpc) is 1.94. The third kappa shape index (κ3) is 4.36. The average molecular weight is 336 g/mol. The fourth-order valence-electron chi connectivity index (χ4n) is 0.776. The second-order valence-electron chi connectivity index (χ2n) is 2.41. The van der Waals surface area contributed by atoms with Gasteiger partial charge in [-0.15, -0.1) is 24.0 Å². The molecular formula is C7H8F3IN2S. The van der Waals surface area contributed by atoms with Crippen molar-refractivity contribution in [3.8, 4) is 0 Å². The minimum atomic E-state index is -4.27. The highest BCUT2D eigenvalue weighted by molar-refractivity contribution is 14.0. The maximum absolute atomic E-state index is 11.9. The Morgan fingerprint density at radius 1 is 1.36 bits per heavy atom. The van der Waals surface area contributed by atoms with Crippen molar-refractivity contribution in [2.24, 2.45) is 7.05 Å². The highest BCUT2D eigenvalue weighted by atomic mass is 127. The Morgan fingerprint density at radius 3 is 2.36 bits per heavy atom. The van der Waals surface area contributed by atoms with E-state index in [0.29, 0.717) is 0 Å². The molecule has 0 saturated heterocycles. The Bertz CT molecular complexity index is 361. The van der Waals surface area contributed by atoms with Crippen molar-refractivity contribution in [2.75, 3.05) is 0 Å². The van der Waals surface area contributed by atoms with Crippen molar-refractivity contribution < 1.29 is 13.2 Å². The molecule has 0 atom stereocenters.